The largest absolute Gasteiger partial charge is 0.507 e. The molecule has 0 bridgehead atoms. The van der Waals surface area contributed by atoms with Crippen LogP contribution in [0.25, 0.3) is 0 Å². The first-order chi connectivity index (χ1) is 16.0. The number of aromatic hydroxyl groups is 1. The van der Waals surface area contributed by atoms with Crippen molar-refractivity contribution in [1.29, 1.82) is 0 Å². The quantitative estimate of drug-likeness (QED) is 0.580. The number of phenols is 1. The Bertz CT molecular complexity index is 1270. The van der Waals surface area contributed by atoms with Crippen molar-refractivity contribution in [2.45, 2.75) is 12.0 Å². The second kappa shape index (κ2) is 7.83. The number of para-hydroxylation sites is 1. The molecule has 2 aliphatic rings. The number of nitrogens with zero attached hydrogens (tertiary/aromatic N) is 1. The summed E-state index contributed by atoms with van der Waals surface area (Å²) in [5.74, 6) is -0.372. The van der Waals surface area contributed by atoms with Gasteiger partial charge < -0.3 is 29.3 Å². The van der Waals surface area contributed by atoms with E-state index >= 15 is 0 Å². The maximum atomic E-state index is 14.0. The molecule has 1 unspecified atom stereocenters. The molecular weight excluding hydrogens is 426 g/mol. The molecule has 2 N–H and O–H groups in total. The maximum absolute atomic E-state index is 14.0. The Morgan fingerprint density at radius 2 is 1.76 bits per heavy atom. The van der Waals surface area contributed by atoms with Crippen LogP contribution in [0, 0.1) is 0 Å². The zero-order chi connectivity index (χ0) is 23.2. The summed E-state index contributed by atoms with van der Waals surface area (Å²) in [6.07, 6.45) is 0. The van der Waals surface area contributed by atoms with Gasteiger partial charge in [-0.15, -0.1) is 0 Å². The lowest BCUT2D eigenvalue weighted by Crippen LogP contribution is -2.44. The van der Waals surface area contributed by atoms with E-state index < -0.39 is 23.9 Å². The van der Waals surface area contributed by atoms with Gasteiger partial charge in [0.1, 0.15) is 11.2 Å². The molecule has 8 nitrogen and oxygen atoms in total. The predicted molar refractivity (Wildman–Crippen MR) is 118 cm³/mol. The van der Waals surface area contributed by atoms with Crippen LogP contribution in [0.4, 0.5) is 5.69 Å². The van der Waals surface area contributed by atoms with Crippen LogP contribution in [0.5, 0.6) is 17.2 Å². The van der Waals surface area contributed by atoms with Crippen molar-refractivity contribution in [3.63, 3.8) is 0 Å². The van der Waals surface area contributed by atoms with E-state index in [1.54, 1.807) is 48.5 Å². The molecule has 3 aromatic rings. The molecule has 3 aromatic carbocycles. The molecule has 0 spiro atoms. The number of rotatable bonds is 5. The second-order valence-electron chi connectivity index (χ2n) is 7.84. The van der Waals surface area contributed by atoms with Crippen molar-refractivity contribution in [2.24, 2.45) is 0 Å². The van der Waals surface area contributed by atoms with Crippen molar-refractivity contribution in [1.82, 2.24) is 0 Å². The summed E-state index contributed by atoms with van der Waals surface area (Å²) in [6, 6.07) is 16.9. The zero-order valence-corrected chi connectivity index (χ0v) is 17.8. The number of fused-ring (bicyclic) bond motifs is 2. The SMILES string of the molecule is COC(=O)c1ccccc1CN1C(=O)C(CO)(c2cc3c(cc2O)OCO3)c2ccccc21. The number of ether oxygens (including phenoxy) is 3. The van der Waals surface area contributed by atoms with Gasteiger partial charge in [0.2, 0.25) is 12.7 Å². The van der Waals surface area contributed by atoms with Crippen LogP contribution >= 0.6 is 0 Å². The van der Waals surface area contributed by atoms with Crippen LogP contribution in [-0.4, -0.2) is 42.6 Å². The molecule has 5 rings (SSSR count). The maximum Gasteiger partial charge on any atom is 0.338 e. The van der Waals surface area contributed by atoms with Gasteiger partial charge in [-0.1, -0.05) is 36.4 Å². The molecule has 8 heteroatoms. The minimum atomic E-state index is -1.55. The van der Waals surface area contributed by atoms with Crippen molar-refractivity contribution in [3.8, 4) is 17.2 Å². The monoisotopic (exact) mass is 447 g/mol. The number of carbonyl (C=O) groups excluding carboxylic acids is 2. The number of anilines is 1. The number of methoxy groups -OCH3 is 1. The summed E-state index contributed by atoms with van der Waals surface area (Å²) in [4.78, 5) is 27.8. The third kappa shape index (κ3) is 3.02. The van der Waals surface area contributed by atoms with Crippen LogP contribution in [0.1, 0.15) is 27.0 Å². The zero-order valence-electron chi connectivity index (χ0n) is 17.8. The summed E-state index contributed by atoms with van der Waals surface area (Å²) in [5, 5.41) is 21.4. The minimum Gasteiger partial charge on any atom is -0.507 e. The van der Waals surface area contributed by atoms with Gasteiger partial charge in [-0.05, 0) is 29.3 Å². The summed E-state index contributed by atoms with van der Waals surface area (Å²) >= 11 is 0. The van der Waals surface area contributed by atoms with Crippen molar-refractivity contribution < 1.29 is 34.0 Å². The van der Waals surface area contributed by atoms with E-state index in [2.05, 4.69) is 0 Å². The van der Waals surface area contributed by atoms with Crippen LogP contribution < -0.4 is 14.4 Å². The number of amides is 1. The van der Waals surface area contributed by atoms with E-state index in [-0.39, 0.29) is 24.7 Å². The summed E-state index contributed by atoms with van der Waals surface area (Å²) in [5.41, 5.74) is 0.724. The number of esters is 1. The normalized spacial score (nSPS) is 18.4. The fourth-order valence-corrected chi connectivity index (χ4v) is 4.59. The second-order valence-corrected chi connectivity index (χ2v) is 7.84. The topological polar surface area (TPSA) is 106 Å². The Labute approximate surface area is 189 Å². The molecule has 0 fully saturated rings. The number of hydrogen-bond acceptors (Lipinski definition) is 7. The number of hydrogen-bond donors (Lipinski definition) is 2. The average molecular weight is 447 g/mol. The Morgan fingerprint density at radius 3 is 2.52 bits per heavy atom. The Balaban J connectivity index is 1.65. The number of phenolic OH excluding ortho intramolecular Hbond substituents is 1. The first-order valence-corrected chi connectivity index (χ1v) is 10.3. The molecule has 33 heavy (non-hydrogen) atoms. The molecule has 1 atom stereocenters. The van der Waals surface area contributed by atoms with E-state index in [1.807, 2.05) is 0 Å². The summed E-state index contributed by atoms with van der Waals surface area (Å²) in [7, 11) is 1.30. The van der Waals surface area contributed by atoms with Crippen LogP contribution in [0.3, 0.4) is 0 Å². The molecule has 1 amide bonds. The van der Waals surface area contributed by atoms with Crippen molar-refractivity contribution >= 4 is 17.6 Å². The van der Waals surface area contributed by atoms with E-state index in [1.165, 1.54) is 24.1 Å². The lowest BCUT2D eigenvalue weighted by Gasteiger charge is -2.28. The van der Waals surface area contributed by atoms with Gasteiger partial charge in [-0.25, -0.2) is 4.79 Å². The smallest absolute Gasteiger partial charge is 0.338 e. The van der Waals surface area contributed by atoms with Crippen molar-refractivity contribution in [2.75, 3.05) is 25.4 Å². The number of aliphatic hydroxyl groups excluding tert-OH is 1. The molecule has 0 saturated carbocycles. The van der Waals surface area contributed by atoms with Crippen molar-refractivity contribution in [3.05, 3.63) is 82.9 Å². The van der Waals surface area contributed by atoms with E-state index in [4.69, 9.17) is 14.2 Å². The Kier molecular flexibility index (Phi) is 4.94. The fraction of sp³-hybridized carbons (Fsp3) is 0.200. The van der Waals surface area contributed by atoms with Crippen LogP contribution in [0.2, 0.25) is 0 Å². The molecule has 0 radical (unpaired) electrons. The van der Waals surface area contributed by atoms with E-state index in [0.717, 1.165) is 0 Å². The van der Waals surface area contributed by atoms with Gasteiger partial charge in [0.15, 0.2) is 11.5 Å². The molecule has 0 saturated heterocycles. The average Bonchev–Trinajstić information content (AvgIpc) is 3.39. The highest BCUT2D eigenvalue weighted by Crippen LogP contribution is 2.51. The minimum absolute atomic E-state index is 0.00528. The standard InChI is InChI=1S/C25H21NO7/c1-31-23(29)16-7-3-2-6-15(16)12-26-19-9-5-4-8-17(19)25(13-27,24(26)30)18-10-21-22(11-20(18)28)33-14-32-21/h2-11,27-28H,12-14H2,1H3. The molecule has 168 valence electrons. The number of aliphatic hydroxyl groups is 1. The lowest BCUT2D eigenvalue weighted by molar-refractivity contribution is -0.123. The predicted octanol–water partition coefficient (Wildman–Crippen LogP) is 2.73. The van der Waals surface area contributed by atoms with Gasteiger partial charge >= 0.3 is 5.97 Å². The highest BCUT2D eigenvalue weighted by atomic mass is 16.7. The summed E-state index contributed by atoms with van der Waals surface area (Å²) < 4.78 is 15.7. The third-order valence-electron chi connectivity index (χ3n) is 6.20. The first kappa shape index (κ1) is 20.8. The third-order valence-corrected chi connectivity index (χ3v) is 6.20. The van der Waals surface area contributed by atoms with Crippen LogP contribution in [0.15, 0.2) is 60.7 Å². The highest BCUT2D eigenvalue weighted by Gasteiger charge is 2.53. The lowest BCUT2D eigenvalue weighted by atomic mass is 9.75. The molecule has 2 aliphatic heterocycles. The number of carbonyl (C=O) groups is 2. The van der Waals surface area contributed by atoms with Gasteiger partial charge in [0, 0.05) is 17.3 Å². The summed E-state index contributed by atoms with van der Waals surface area (Å²) in [6.45, 7) is -0.495. The molecule has 2 heterocycles. The van der Waals surface area contributed by atoms with E-state index in [0.29, 0.717) is 33.9 Å². The van der Waals surface area contributed by atoms with Crippen LogP contribution in [-0.2, 0) is 21.5 Å². The van der Waals surface area contributed by atoms with Gasteiger partial charge in [-0.3, -0.25) is 4.79 Å². The Morgan fingerprint density at radius 1 is 1.06 bits per heavy atom. The van der Waals surface area contributed by atoms with Gasteiger partial charge in [0.05, 0.1) is 25.8 Å². The van der Waals surface area contributed by atoms with Gasteiger partial charge in [-0.2, -0.15) is 0 Å². The fourth-order valence-electron chi connectivity index (χ4n) is 4.59. The highest BCUT2D eigenvalue weighted by molar-refractivity contribution is 6.11. The molecule has 0 aromatic heterocycles. The molecular formula is C25H21NO7. The number of benzene rings is 3. The first-order valence-electron chi connectivity index (χ1n) is 10.3. The van der Waals surface area contributed by atoms with E-state index in [9.17, 15) is 19.8 Å². The molecule has 0 aliphatic carbocycles. The Hall–Kier alpha value is -4.04. The van der Waals surface area contributed by atoms with Gasteiger partial charge in [0.25, 0.3) is 0 Å².